The lowest BCUT2D eigenvalue weighted by atomic mass is 10.2. The molecule has 3 N–H and O–H groups in total. The Bertz CT molecular complexity index is 697. The fourth-order valence-electron chi connectivity index (χ4n) is 1.90. The first-order valence-electron chi connectivity index (χ1n) is 6.42. The molecule has 0 aliphatic carbocycles. The number of carbonyl (C=O) groups excluding carboxylic acids is 1. The number of thiocarbonyl (C=S) groups is 1. The van der Waals surface area contributed by atoms with Gasteiger partial charge in [0, 0.05) is 24.7 Å². The Balaban J connectivity index is 2.32. The van der Waals surface area contributed by atoms with Crippen molar-refractivity contribution in [3.05, 3.63) is 64.6 Å². The molecular weight excluding hydrogens is 286 g/mol. The minimum atomic E-state index is -0.316. The largest absolute Gasteiger partial charge is 0.393 e. The van der Waals surface area contributed by atoms with E-state index in [4.69, 9.17) is 18.0 Å². The molecule has 0 aliphatic heterocycles. The van der Waals surface area contributed by atoms with E-state index in [1.165, 1.54) is 6.07 Å². The molecule has 21 heavy (non-hydrogen) atoms. The number of carbonyl (C=O) groups is 1. The predicted octanol–water partition coefficient (Wildman–Crippen LogP) is 1.70. The van der Waals surface area contributed by atoms with Crippen molar-refractivity contribution in [3.8, 4) is 0 Å². The standard InChI is InChI=1S/C15H15N3O2S/c16-13(21)9-10-18(11-5-2-1-3-6-11)15(20)12-7-4-8-14(19)17-12/h1-8H,9-10H2,(H2,16,21)(H,17,19). The number of nitrogens with zero attached hydrogens (tertiary/aromatic N) is 1. The van der Waals surface area contributed by atoms with Crippen LogP contribution in [0.2, 0.25) is 0 Å². The Morgan fingerprint density at radius 3 is 2.48 bits per heavy atom. The van der Waals surface area contributed by atoms with Crippen LogP contribution in [0.4, 0.5) is 5.69 Å². The van der Waals surface area contributed by atoms with Crippen molar-refractivity contribution in [2.75, 3.05) is 11.4 Å². The second kappa shape index (κ2) is 6.81. The summed E-state index contributed by atoms with van der Waals surface area (Å²) in [6, 6.07) is 13.7. The fraction of sp³-hybridized carbons (Fsp3) is 0.133. The van der Waals surface area contributed by atoms with Gasteiger partial charge in [-0.2, -0.15) is 0 Å². The minimum absolute atomic E-state index is 0.231. The maximum atomic E-state index is 12.6. The highest BCUT2D eigenvalue weighted by Crippen LogP contribution is 2.16. The van der Waals surface area contributed by atoms with Crippen LogP contribution in [0.25, 0.3) is 0 Å². The van der Waals surface area contributed by atoms with Crippen molar-refractivity contribution in [2.24, 2.45) is 5.73 Å². The molecule has 0 saturated carbocycles. The summed E-state index contributed by atoms with van der Waals surface area (Å²) in [4.78, 5) is 28.4. The van der Waals surface area contributed by atoms with E-state index in [-0.39, 0.29) is 17.2 Å². The second-order valence-corrected chi connectivity index (χ2v) is 4.96. The number of aromatic nitrogens is 1. The first kappa shape index (κ1) is 14.9. The molecule has 108 valence electrons. The smallest absolute Gasteiger partial charge is 0.274 e. The van der Waals surface area contributed by atoms with Crippen molar-refractivity contribution in [3.63, 3.8) is 0 Å². The maximum absolute atomic E-state index is 12.6. The number of rotatable bonds is 5. The van der Waals surface area contributed by atoms with Gasteiger partial charge in [0.1, 0.15) is 5.69 Å². The van der Waals surface area contributed by atoms with Crippen LogP contribution in [0.5, 0.6) is 0 Å². The molecular formula is C15H15N3O2S. The molecule has 5 nitrogen and oxygen atoms in total. The van der Waals surface area contributed by atoms with E-state index >= 15 is 0 Å². The summed E-state index contributed by atoms with van der Waals surface area (Å²) in [5, 5.41) is 0. The van der Waals surface area contributed by atoms with Gasteiger partial charge in [0.25, 0.3) is 5.91 Å². The summed E-state index contributed by atoms with van der Waals surface area (Å²) < 4.78 is 0. The second-order valence-electron chi connectivity index (χ2n) is 4.44. The van der Waals surface area contributed by atoms with Crippen molar-refractivity contribution in [2.45, 2.75) is 6.42 Å². The minimum Gasteiger partial charge on any atom is -0.393 e. The zero-order valence-corrected chi connectivity index (χ0v) is 12.1. The van der Waals surface area contributed by atoms with Crippen LogP contribution in [0.3, 0.4) is 0 Å². The van der Waals surface area contributed by atoms with Gasteiger partial charge in [0.05, 0.1) is 4.99 Å². The highest BCUT2D eigenvalue weighted by Gasteiger charge is 2.18. The number of hydrogen-bond acceptors (Lipinski definition) is 3. The van der Waals surface area contributed by atoms with Crippen LogP contribution in [0.15, 0.2) is 53.3 Å². The van der Waals surface area contributed by atoms with Crippen LogP contribution >= 0.6 is 12.2 Å². The van der Waals surface area contributed by atoms with Crippen LogP contribution in [0.1, 0.15) is 16.9 Å². The molecule has 0 fully saturated rings. The van der Waals surface area contributed by atoms with Crippen molar-refractivity contribution in [1.29, 1.82) is 0 Å². The van der Waals surface area contributed by atoms with Gasteiger partial charge in [-0.05, 0) is 18.2 Å². The van der Waals surface area contributed by atoms with E-state index < -0.39 is 0 Å². The van der Waals surface area contributed by atoms with Crippen LogP contribution < -0.4 is 16.2 Å². The number of anilines is 1. The Labute approximate surface area is 127 Å². The summed E-state index contributed by atoms with van der Waals surface area (Å²) in [6.45, 7) is 0.356. The molecule has 0 atom stereocenters. The van der Waals surface area contributed by atoms with Gasteiger partial charge in [0.15, 0.2) is 0 Å². The van der Waals surface area contributed by atoms with Gasteiger partial charge < -0.3 is 15.6 Å². The number of benzene rings is 1. The number of aromatic amines is 1. The third kappa shape index (κ3) is 4.00. The number of H-pyrrole nitrogens is 1. The first-order chi connectivity index (χ1) is 10.1. The van der Waals surface area contributed by atoms with Gasteiger partial charge in [-0.3, -0.25) is 9.59 Å². The molecule has 1 aromatic heterocycles. The SMILES string of the molecule is NC(=S)CCN(C(=O)c1cccc(=O)[nH]1)c1ccccc1. The van der Waals surface area contributed by atoms with Crippen molar-refractivity contribution >= 4 is 28.8 Å². The third-order valence-corrected chi connectivity index (χ3v) is 3.10. The zero-order valence-electron chi connectivity index (χ0n) is 11.3. The van der Waals surface area contributed by atoms with E-state index in [0.29, 0.717) is 18.0 Å². The van der Waals surface area contributed by atoms with E-state index in [2.05, 4.69) is 4.98 Å². The Hall–Kier alpha value is -2.47. The number of hydrogen-bond donors (Lipinski definition) is 2. The van der Waals surface area contributed by atoms with E-state index in [9.17, 15) is 9.59 Å². The number of nitrogens with two attached hydrogens (primary N) is 1. The van der Waals surface area contributed by atoms with Gasteiger partial charge in [-0.1, -0.05) is 36.5 Å². The summed E-state index contributed by atoms with van der Waals surface area (Å²) >= 11 is 4.87. The average Bonchev–Trinajstić information content (AvgIpc) is 2.48. The van der Waals surface area contributed by atoms with Crippen LogP contribution in [-0.2, 0) is 0 Å². The molecule has 0 radical (unpaired) electrons. The summed E-state index contributed by atoms with van der Waals surface area (Å²) in [5.74, 6) is -0.296. The topological polar surface area (TPSA) is 79.2 Å². The van der Waals surface area contributed by atoms with E-state index in [1.54, 1.807) is 17.0 Å². The molecule has 2 aromatic rings. The molecule has 0 saturated heterocycles. The van der Waals surface area contributed by atoms with Crippen molar-refractivity contribution < 1.29 is 4.79 Å². The highest BCUT2D eigenvalue weighted by atomic mass is 32.1. The number of pyridine rings is 1. The van der Waals surface area contributed by atoms with Gasteiger partial charge >= 0.3 is 0 Å². The summed E-state index contributed by atoms with van der Waals surface area (Å²) in [7, 11) is 0. The van der Waals surface area contributed by atoms with E-state index in [0.717, 1.165) is 5.69 Å². The van der Waals surface area contributed by atoms with Gasteiger partial charge in [-0.25, -0.2) is 0 Å². The Morgan fingerprint density at radius 2 is 1.86 bits per heavy atom. The zero-order chi connectivity index (χ0) is 15.2. The molecule has 0 aliphatic rings. The lowest BCUT2D eigenvalue weighted by molar-refractivity contribution is 0.0982. The molecule has 1 heterocycles. The van der Waals surface area contributed by atoms with Gasteiger partial charge in [0.2, 0.25) is 5.56 Å². The third-order valence-electron chi connectivity index (χ3n) is 2.89. The molecule has 1 amide bonds. The molecule has 0 unspecified atom stereocenters. The predicted molar refractivity (Wildman–Crippen MR) is 86.6 cm³/mol. The van der Waals surface area contributed by atoms with Crippen LogP contribution in [-0.4, -0.2) is 22.4 Å². The number of amides is 1. The van der Waals surface area contributed by atoms with Gasteiger partial charge in [-0.15, -0.1) is 0 Å². The Kier molecular flexibility index (Phi) is 4.84. The highest BCUT2D eigenvalue weighted by molar-refractivity contribution is 7.80. The lowest BCUT2D eigenvalue weighted by Crippen LogP contribution is -2.35. The van der Waals surface area contributed by atoms with Crippen molar-refractivity contribution in [1.82, 2.24) is 4.98 Å². The quantitative estimate of drug-likeness (QED) is 0.824. The number of para-hydroxylation sites is 1. The molecule has 0 spiro atoms. The van der Waals surface area contributed by atoms with Crippen LogP contribution in [0, 0.1) is 0 Å². The number of nitrogens with one attached hydrogen (secondary N) is 1. The lowest BCUT2D eigenvalue weighted by Gasteiger charge is -2.22. The molecule has 2 rings (SSSR count). The molecule has 0 bridgehead atoms. The van der Waals surface area contributed by atoms with E-state index in [1.807, 2.05) is 30.3 Å². The molecule has 1 aromatic carbocycles. The summed E-state index contributed by atoms with van der Waals surface area (Å²) in [6.07, 6.45) is 0.410. The monoisotopic (exact) mass is 301 g/mol. The normalized spacial score (nSPS) is 10.1. The fourth-order valence-corrected chi connectivity index (χ4v) is 1.99. The maximum Gasteiger partial charge on any atom is 0.274 e. The average molecular weight is 301 g/mol. The first-order valence-corrected chi connectivity index (χ1v) is 6.83. The molecule has 6 heteroatoms. The Morgan fingerprint density at radius 1 is 1.14 bits per heavy atom. The summed E-state index contributed by atoms with van der Waals surface area (Å²) in [5.41, 5.74) is 6.16.